The van der Waals surface area contributed by atoms with Crippen LogP contribution in [-0.2, 0) is 13.6 Å². The lowest BCUT2D eigenvalue weighted by Gasteiger charge is -2.31. The number of oxazole rings is 1. The van der Waals surface area contributed by atoms with Gasteiger partial charge in [0.2, 0.25) is 5.89 Å². The largest absolute Gasteiger partial charge is 0.444 e. The molecule has 1 aliphatic rings. The predicted octanol–water partition coefficient (Wildman–Crippen LogP) is 1.67. The molecule has 1 aliphatic heterocycles. The van der Waals surface area contributed by atoms with E-state index in [9.17, 15) is 4.79 Å². The molecule has 0 spiro atoms. The molecule has 2 aromatic heterocycles. The molecule has 0 radical (unpaired) electrons. The minimum Gasteiger partial charge on any atom is -0.444 e. The minimum absolute atomic E-state index is 0.0937. The van der Waals surface area contributed by atoms with Crippen molar-refractivity contribution in [3.05, 3.63) is 35.6 Å². The summed E-state index contributed by atoms with van der Waals surface area (Å²) in [5, 5.41) is 2.99. The normalized spacial score (nSPS) is 16.5. The summed E-state index contributed by atoms with van der Waals surface area (Å²) in [6, 6.07) is 0. The Kier molecular flexibility index (Phi) is 4.99. The quantitative estimate of drug-likeness (QED) is 0.902. The molecule has 0 aromatic carbocycles. The van der Waals surface area contributed by atoms with Crippen molar-refractivity contribution < 1.29 is 9.21 Å². The smallest absolute Gasteiger partial charge is 0.271 e. The summed E-state index contributed by atoms with van der Waals surface area (Å²) in [5.74, 6) is 2.12. The Balaban J connectivity index is 1.41. The monoisotopic (exact) mass is 331 g/mol. The Morgan fingerprint density at radius 3 is 2.71 bits per heavy atom. The SMILES string of the molecule is Cc1nc(CN2CCC(CNC(=O)c3cn(C)cn3)CC2)oc1C. The number of hydrogen-bond donors (Lipinski definition) is 1. The molecule has 0 saturated carbocycles. The predicted molar refractivity (Wildman–Crippen MR) is 89.5 cm³/mol. The highest BCUT2D eigenvalue weighted by Gasteiger charge is 2.21. The van der Waals surface area contributed by atoms with Gasteiger partial charge in [-0.05, 0) is 45.7 Å². The van der Waals surface area contributed by atoms with Gasteiger partial charge in [0.15, 0.2) is 0 Å². The van der Waals surface area contributed by atoms with Crippen molar-refractivity contribution in [1.29, 1.82) is 0 Å². The van der Waals surface area contributed by atoms with Crippen molar-refractivity contribution in [3.8, 4) is 0 Å². The van der Waals surface area contributed by atoms with E-state index in [4.69, 9.17) is 4.42 Å². The van der Waals surface area contributed by atoms with Crippen molar-refractivity contribution in [2.24, 2.45) is 13.0 Å². The molecule has 7 nitrogen and oxygen atoms in total. The van der Waals surface area contributed by atoms with E-state index >= 15 is 0 Å². The van der Waals surface area contributed by atoms with Crippen LogP contribution < -0.4 is 5.32 Å². The lowest BCUT2D eigenvalue weighted by molar-refractivity contribution is 0.0929. The van der Waals surface area contributed by atoms with Crippen molar-refractivity contribution in [2.75, 3.05) is 19.6 Å². The second kappa shape index (κ2) is 7.17. The first-order valence-electron chi connectivity index (χ1n) is 8.42. The number of likely N-dealkylation sites (tertiary alicyclic amines) is 1. The fraction of sp³-hybridized carbons (Fsp3) is 0.588. The molecule has 0 aliphatic carbocycles. The van der Waals surface area contributed by atoms with Crippen LogP contribution in [0.2, 0.25) is 0 Å². The second-order valence-electron chi connectivity index (χ2n) is 6.60. The summed E-state index contributed by atoms with van der Waals surface area (Å²) in [6.07, 6.45) is 5.51. The lowest BCUT2D eigenvalue weighted by atomic mass is 9.97. The number of imidazole rings is 1. The van der Waals surface area contributed by atoms with Gasteiger partial charge in [0.1, 0.15) is 11.5 Å². The third-order valence-electron chi connectivity index (χ3n) is 4.63. The molecule has 1 saturated heterocycles. The van der Waals surface area contributed by atoms with Gasteiger partial charge in [-0.1, -0.05) is 0 Å². The van der Waals surface area contributed by atoms with E-state index in [0.29, 0.717) is 18.2 Å². The van der Waals surface area contributed by atoms with Gasteiger partial charge in [-0.15, -0.1) is 0 Å². The Morgan fingerprint density at radius 1 is 1.38 bits per heavy atom. The fourth-order valence-electron chi connectivity index (χ4n) is 3.00. The Bertz CT molecular complexity index is 678. The number of amides is 1. The number of piperidine rings is 1. The average molecular weight is 331 g/mol. The fourth-order valence-corrected chi connectivity index (χ4v) is 3.00. The van der Waals surface area contributed by atoms with Crippen molar-refractivity contribution in [1.82, 2.24) is 24.8 Å². The highest BCUT2D eigenvalue weighted by atomic mass is 16.4. The van der Waals surface area contributed by atoms with E-state index in [-0.39, 0.29) is 5.91 Å². The molecule has 1 amide bonds. The maximum atomic E-state index is 12.0. The third-order valence-corrected chi connectivity index (χ3v) is 4.63. The Morgan fingerprint density at radius 2 is 2.12 bits per heavy atom. The summed E-state index contributed by atoms with van der Waals surface area (Å²) in [4.78, 5) is 22.9. The Hall–Kier alpha value is -2.15. The summed E-state index contributed by atoms with van der Waals surface area (Å²) in [6.45, 7) is 7.40. The molecular weight excluding hydrogens is 306 g/mol. The van der Waals surface area contributed by atoms with Gasteiger partial charge < -0.3 is 14.3 Å². The Labute approximate surface area is 142 Å². The minimum atomic E-state index is -0.0937. The number of nitrogens with one attached hydrogen (secondary N) is 1. The van der Waals surface area contributed by atoms with Gasteiger partial charge in [0.25, 0.3) is 5.91 Å². The van der Waals surface area contributed by atoms with E-state index in [2.05, 4.69) is 20.2 Å². The van der Waals surface area contributed by atoms with Crippen LogP contribution in [-0.4, -0.2) is 45.0 Å². The average Bonchev–Trinajstić information content (AvgIpc) is 3.12. The van der Waals surface area contributed by atoms with Crippen LogP contribution in [0.15, 0.2) is 16.9 Å². The summed E-state index contributed by atoms with van der Waals surface area (Å²) < 4.78 is 7.43. The number of carbonyl (C=O) groups excluding carboxylic acids is 1. The summed E-state index contributed by atoms with van der Waals surface area (Å²) in [7, 11) is 1.86. The standard InChI is InChI=1S/C17H25N5O2/c1-12-13(2)24-16(20-12)10-22-6-4-14(5-7-22)8-18-17(23)15-9-21(3)11-19-15/h9,11,14H,4-8,10H2,1-3H3,(H,18,23). The number of rotatable bonds is 5. The first-order chi connectivity index (χ1) is 11.5. The van der Waals surface area contributed by atoms with Gasteiger partial charge >= 0.3 is 0 Å². The first kappa shape index (κ1) is 16.7. The van der Waals surface area contributed by atoms with E-state index in [0.717, 1.165) is 49.8 Å². The molecule has 7 heteroatoms. The van der Waals surface area contributed by atoms with Gasteiger partial charge in [-0.3, -0.25) is 9.69 Å². The van der Waals surface area contributed by atoms with Crippen LogP contribution in [0.5, 0.6) is 0 Å². The molecule has 24 heavy (non-hydrogen) atoms. The molecule has 3 rings (SSSR count). The molecule has 1 fully saturated rings. The number of hydrogen-bond acceptors (Lipinski definition) is 5. The molecule has 130 valence electrons. The highest BCUT2D eigenvalue weighted by Crippen LogP contribution is 2.19. The molecule has 2 aromatic rings. The molecule has 0 bridgehead atoms. The molecular formula is C17H25N5O2. The van der Waals surface area contributed by atoms with E-state index < -0.39 is 0 Å². The van der Waals surface area contributed by atoms with Crippen molar-refractivity contribution in [2.45, 2.75) is 33.2 Å². The number of nitrogens with zero attached hydrogens (tertiary/aromatic N) is 4. The van der Waals surface area contributed by atoms with Crippen molar-refractivity contribution >= 4 is 5.91 Å². The number of aryl methyl sites for hydroxylation is 3. The summed E-state index contributed by atoms with van der Waals surface area (Å²) in [5.41, 5.74) is 1.45. The third kappa shape index (κ3) is 4.03. The van der Waals surface area contributed by atoms with Crippen LogP contribution in [0.25, 0.3) is 0 Å². The van der Waals surface area contributed by atoms with Crippen LogP contribution >= 0.6 is 0 Å². The molecule has 0 unspecified atom stereocenters. The van der Waals surface area contributed by atoms with Crippen LogP contribution in [0.4, 0.5) is 0 Å². The van der Waals surface area contributed by atoms with Crippen LogP contribution in [0.3, 0.4) is 0 Å². The van der Waals surface area contributed by atoms with Crippen LogP contribution in [0.1, 0.15) is 40.7 Å². The zero-order valence-electron chi connectivity index (χ0n) is 14.6. The van der Waals surface area contributed by atoms with E-state index in [1.54, 1.807) is 17.1 Å². The topological polar surface area (TPSA) is 76.2 Å². The van der Waals surface area contributed by atoms with Gasteiger partial charge in [0.05, 0.1) is 18.6 Å². The van der Waals surface area contributed by atoms with Crippen LogP contribution in [0, 0.1) is 19.8 Å². The maximum absolute atomic E-state index is 12.0. The zero-order valence-corrected chi connectivity index (χ0v) is 14.6. The second-order valence-corrected chi connectivity index (χ2v) is 6.60. The molecule has 3 heterocycles. The van der Waals surface area contributed by atoms with Crippen molar-refractivity contribution in [3.63, 3.8) is 0 Å². The highest BCUT2D eigenvalue weighted by molar-refractivity contribution is 5.91. The zero-order chi connectivity index (χ0) is 17.1. The lowest BCUT2D eigenvalue weighted by Crippen LogP contribution is -2.38. The van der Waals surface area contributed by atoms with Gasteiger partial charge in [0, 0.05) is 19.8 Å². The molecule has 1 N–H and O–H groups in total. The van der Waals surface area contributed by atoms with E-state index in [1.165, 1.54) is 0 Å². The van der Waals surface area contributed by atoms with E-state index in [1.807, 2.05) is 20.9 Å². The number of carbonyl (C=O) groups is 1. The summed E-state index contributed by atoms with van der Waals surface area (Å²) >= 11 is 0. The molecule has 0 atom stereocenters. The van der Waals surface area contributed by atoms with Gasteiger partial charge in [-0.2, -0.15) is 0 Å². The van der Waals surface area contributed by atoms with Gasteiger partial charge in [-0.25, -0.2) is 9.97 Å². The first-order valence-corrected chi connectivity index (χ1v) is 8.42. The number of aromatic nitrogens is 3. The maximum Gasteiger partial charge on any atom is 0.271 e.